The van der Waals surface area contributed by atoms with Crippen LogP contribution in [-0.2, 0) is 4.79 Å². The van der Waals surface area contributed by atoms with Gasteiger partial charge in [-0.2, -0.15) is 0 Å². The molecule has 0 fully saturated rings. The van der Waals surface area contributed by atoms with E-state index in [4.69, 9.17) is 13.9 Å². The maximum Gasteiger partial charge on any atom is 0.339 e. The predicted octanol–water partition coefficient (Wildman–Crippen LogP) is 2.39. The molecule has 1 aromatic carbocycles. The molecule has 5 heteroatoms. The number of aryl methyl sites for hydroxylation is 1. The first-order chi connectivity index (χ1) is 9.45. The number of ether oxygens (including phenoxy) is 2. The van der Waals surface area contributed by atoms with Gasteiger partial charge in [-0.1, -0.05) is 0 Å². The van der Waals surface area contributed by atoms with E-state index in [1.54, 1.807) is 19.1 Å². The van der Waals surface area contributed by atoms with Crippen molar-refractivity contribution < 1.29 is 18.7 Å². The van der Waals surface area contributed by atoms with Gasteiger partial charge in [0, 0.05) is 10.9 Å². The average Bonchev–Trinajstić information content (AvgIpc) is 2.42. The number of benzene rings is 1. The summed E-state index contributed by atoms with van der Waals surface area (Å²) in [5.74, 6) is 0.597. The van der Waals surface area contributed by atoms with Crippen molar-refractivity contribution in [1.82, 2.24) is 0 Å². The number of ketones is 1. The van der Waals surface area contributed by atoms with Crippen LogP contribution in [0.25, 0.3) is 11.0 Å². The lowest BCUT2D eigenvalue weighted by Gasteiger charge is -2.12. The highest BCUT2D eigenvalue weighted by Gasteiger charge is 2.16. The fraction of sp³-hybridized carbons (Fsp3) is 0.333. The fourth-order valence-corrected chi connectivity index (χ4v) is 1.95. The summed E-state index contributed by atoms with van der Waals surface area (Å²) in [5.41, 5.74) is 1.34. The van der Waals surface area contributed by atoms with Gasteiger partial charge in [-0.05, 0) is 38.5 Å². The quantitative estimate of drug-likeness (QED) is 0.802. The molecule has 0 saturated heterocycles. The van der Waals surface area contributed by atoms with Crippen molar-refractivity contribution in [2.45, 2.75) is 20.8 Å². The zero-order chi connectivity index (χ0) is 14.9. The molecule has 106 valence electrons. The van der Waals surface area contributed by atoms with Crippen molar-refractivity contribution in [3.63, 3.8) is 0 Å². The van der Waals surface area contributed by atoms with Gasteiger partial charge < -0.3 is 13.9 Å². The number of carbonyl (C=O) groups excluding carboxylic acids is 1. The van der Waals surface area contributed by atoms with Crippen molar-refractivity contribution in [3.05, 3.63) is 33.7 Å². The van der Waals surface area contributed by atoms with E-state index in [1.807, 2.05) is 6.92 Å². The fourth-order valence-electron chi connectivity index (χ4n) is 1.95. The van der Waals surface area contributed by atoms with Gasteiger partial charge in [-0.3, -0.25) is 4.79 Å². The number of carbonyl (C=O) groups is 1. The third-order valence-electron chi connectivity index (χ3n) is 3.18. The second-order valence-corrected chi connectivity index (χ2v) is 4.60. The molecule has 2 rings (SSSR count). The van der Waals surface area contributed by atoms with Gasteiger partial charge in [-0.25, -0.2) is 4.79 Å². The van der Waals surface area contributed by atoms with Crippen molar-refractivity contribution in [2.75, 3.05) is 13.7 Å². The summed E-state index contributed by atoms with van der Waals surface area (Å²) >= 11 is 0. The zero-order valence-corrected chi connectivity index (χ0v) is 11.9. The Labute approximate surface area is 116 Å². The van der Waals surface area contributed by atoms with E-state index in [0.29, 0.717) is 22.6 Å². The van der Waals surface area contributed by atoms with Crippen LogP contribution in [0.4, 0.5) is 0 Å². The Morgan fingerprint density at radius 3 is 2.55 bits per heavy atom. The summed E-state index contributed by atoms with van der Waals surface area (Å²) in [5, 5.41) is 0.786. The van der Waals surface area contributed by atoms with Gasteiger partial charge >= 0.3 is 5.63 Å². The molecule has 0 spiro atoms. The van der Waals surface area contributed by atoms with Gasteiger partial charge in [0.1, 0.15) is 6.61 Å². The second-order valence-electron chi connectivity index (χ2n) is 4.60. The molecule has 1 heterocycles. The van der Waals surface area contributed by atoms with Gasteiger partial charge in [-0.15, -0.1) is 0 Å². The molecule has 2 aromatic rings. The minimum Gasteiger partial charge on any atom is -0.490 e. The van der Waals surface area contributed by atoms with E-state index in [1.165, 1.54) is 14.0 Å². The van der Waals surface area contributed by atoms with Crippen molar-refractivity contribution in [2.24, 2.45) is 0 Å². The molecule has 20 heavy (non-hydrogen) atoms. The smallest absolute Gasteiger partial charge is 0.339 e. The summed E-state index contributed by atoms with van der Waals surface area (Å²) in [7, 11) is 1.46. The van der Waals surface area contributed by atoms with Crippen molar-refractivity contribution >= 4 is 16.8 Å². The van der Waals surface area contributed by atoms with E-state index in [9.17, 15) is 9.59 Å². The zero-order valence-electron chi connectivity index (χ0n) is 11.9. The highest BCUT2D eigenvalue weighted by Crippen LogP contribution is 2.36. The molecule has 0 bridgehead atoms. The lowest BCUT2D eigenvalue weighted by molar-refractivity contribution is -0.118. The Balaban J connectivity index is 2.67. The van der Waals surface area contributed by atoms with E-state index in [2.05, 4.69) is 0 Å². The molecule has 0 unspecified atom stereocenters. The van der Waals surface area contributed by atoms with Gasteiger partial charge in [0.05, 0.1) is 7.11 Å². The highest BCUT2D eigenvalue weighted by atomic mass is 16.5. The average molecular weight is 276 g/mol. The van der Waals surface area contributed by atoms with Crippen LogP contribution in [0, 0.1) is 13.8 Å². The molecule has 0 N–H and O–H groups in total. The monoisotopic (exact) mass is 276 g/mol. The van der Waals surface area contributed by atoms with Crippen LogP contribution in [0.5, 0.6) is 11.5 Å². The molecule has 0 radical (unpaired) electrons. The summed E-state index contributed by atoms with van der Waals surface area (Å²) < 4.78 is 15.9. The third-order valence-corrected chi connectivity index (χ3v) is 3.18. The molecule has 0 aliphatic rings. The van der Waals surface area contributed by atoms with Crippen LogP contribution >= 0.6 is 0 Å². The predicted molar refractivity (Wildman–Crippen MR) is 74.7 cm³/mol. The Kier molecular flexibility index (Phi) is 3.79. The number of Topliss-reactive ketones (excluding diaryl/α,β-unsaturated/α-hetero) is 1. The minimum atomic E-state index is -0.406. The van der Waals surface area contributed by atoms with Crippen LogP contribution in [0.3, 0.4) is 0 Å². The summed E-state index contributed by atoms with van der Waals surface area (Å²) in [6, 6.07) is 3.50. The van der Waals surface area contributed by atoms with Gasteiger partial charge in [0.2, 0.25) is 5.75 Å². The first-order valence-corrected chi connectivity index (χ1v) is 6.19. The largest absolute Gasteiger partial charge is 0.490 e. The molecule has 5 nitrogen and oxygen atoms in total. The maximum atomic E-state index is 11.8. The van der Waals surface area contributed by atoms with Crippen LogP contribution in [-0.4, -0.2) is 19.5 Å². The van der Waals surface area contributed by atoms with Crippen LogP contribution in [0.2, 0.25) is 0 Å². The van der Waals surface area contributed by atoms with Crippen LogP contribution in [0.15, 0.2) is 21.3 Å². The number of rotatable bonds is 4. The Bertz CT molecular complexity index is 727. The minimum absolute atomic E-state index is 0.0586. The first-order valence-electron chi connectivity index (χ1n) is 6.19. The second kappa shape index (κ2) is 5.36. The SMILES string of the molecule is COc1c(OCC(C)=O)ccc2c(C)c(C)c(=O)oc12. The lowest BCUT2D eigenvalue weighted by atomic mass is 10.1. The third kappa shape index (κ3) is 2.39. The Morgan fingerprint density at radius 1 is 1.25 bits per heavy atom. The topological polar surface area (TPSA) is 65.7 Å². The van der Waals surface area contributed by atoms with Crippen LogP contribution < -0.4 is 15.1 Å². The molecule has 0 amide bonds. The molecule has 1 aromatic heterocycles. The molecular weight excluding hydrogens is 260 g/mol. The summed E-state index contributed by atoms with van der Waals surface area (Å²) in [6.07, 6.45) is 0. The lowest BCUT2D eigenvalue weighted by Crippen LogP contribution is -2.09. The van der Waals surface area contributed by atoms with Gasteiger partial charge in [0.15, 0.2) is 17.1 Å². The summed E-state index contributed by atoms with van der Waals surface area (Å²) in [4.78, 5) is 22.8. The molecule has 0 aliphatic carbocycles. The Hall–Kier alpha value is -2.30. The molecular formula is C15H16O5. The number of methoxy groups -OCH3 is 1. The maximum absolute atomic E-state index is 11.8. The van der Waals surface area contributed by atoms with Crippen LogP contribution in [0.1, 0.15) is 18.1 Å². The van der Waals surface area contributed by atoms with Crippen molar-refractivity contribution in [1.29, 1.82) is 0 Å². The van der Waals surface area contributed by atoms with Gasteiger partial charge in [0.25, 0.3) is 0 Å². The van der Waals surface area contributed by atoms with E-state index < -0.39 is 5.63 Å². The number of hydrogen-bond acceptors (Lipinski definition) is 5. The van der Waals surface area contributed by atoms with E-state index in [0.717, 1.165) is 10.9 Å². The first kappa shape index (κ1) is 14.1. The standard InChI is InChI=1S/C15H16O5/c1-8(16)7-19-12-6-5-11-9(2)10(3)15(17)20-13(11)14(12)18-4/h5-6H,7H2,1-4H3. The number of hydrogen-bond donors (Lipinski definition) is 0. The highest BCUT2D eigenvalue weighted by molar-refractivity contribution is 5.88. The summed E-state index contributed by atoms with van der Waals surface area (Å²) in [6.45, 7) is 4.94. The molecule has 0 aliphatic heterocycles. The Morgan fingerprint density at radius 2 is 1.95 bits per heavy atom. The van der Waals surface area contributed by atoms with E-state index in [-0.39, 0.29) is 12.4 Å². The molecule has 0 atom stereocenters. The van der Waals surface area contributed by atoms with E-state index >= 15 is 0 Å². The number of fused-ring (bicyclic) bond motifs is 1. The van der Waals surface area contributed by atoms with Crippen molar-refractivity contribution in [3.8, 4) is 11.5 Å². The molecule has 0 saturated carbocycles. The normalized spacial score (nSPS) is 10.6.